The lowest BCUT2D eigenvalue weighted by atomic mass is 10.1. The topological polar surface area (TPSA) is 105 Å². The fourth-order valence-electron chi connectivity index (χ4n) is 2.52. The monoisotopic (exact) mass is 320 g/mol. The maximum atomic E-state index is 11.3. The van der Waals surface area contributed by atoms with E-state index in [2.05, 4.69) is 20.2 Å². The Morgan fingerprint density at radius 1 is 1.08 bits per heavy atom. The van der Waals surface area contributed by atoms with E-state index < -0.39 is 5.97 Å². The van der Waals surface area contributed by atoms with Gasteiger partial charge in [0.05, 0.1) is 28.6 Å². The Balaban J connectivity index is 1.64. The smallest absolute Gasteiger partial charge is 0.336 e. The molecule has 0 fully saturated rings. The number of para-hydroxylation sites is 2. The quantitative estimate of drug-likeness (QED) is 0.599. The molecule has 0 unspecified atom stereocenters. The van der Waals surface area contributed by atoms with Crippen molar-refractivity contribution in [1.82, 2.24) is 20.2 Å². The highest BCUT2D eigenvalue weighted by Crippen LogP contribution is 2.23. The van der Waals surface area contributed by atoms with Crippen LogP contribution in [0.2, 0.25) is 0 Å². The van der Waals surface area contributed by atoms with Crippen molar-refractivity contribution in [2.45, 2.75) is 6.42 Å². The molecule has 7 heteroatoms. The molecule has 2 aromatic carbocycles. The average molecular weight is 320 g/mol. The van der Waals surface area contributed by atoms with E-state index >= 15 is 0 Å². The molecule has 0 radical (unpaired) electrons. The zero-order chi connectivity index (χ0) is 16.5. The zero-order valence-electron chi connectivity index (χ0n) is 12.4. The number of imidazole rings is 1. The molecule has 118 valence electrons. The number of benzene rings is 2. The summed E-state index contributed by atoms with van der Waals surface area (Å²) in [4.78, 5) is 18.9. The molecular formula is C17H12N4O3. The van der Waals surface area contributed by atoms with Crippen LogP contribution in [0, 0.1) is 0 Å². The first-order valence-corrected chi connectivity index (χ1v) is 7.29. The summed E-state index contributed by atoms with van der Waals surface area (Å²) in [5.41, 5.74) is 2.32. The molecule has 0 aliphatic carbocycles. The number of aromatic nitrogens is 4. The first kappa shape index (κ1) is 14.1. The summed E-state index contributed by atoms with van der Waals surface area (Å²) in [6, 6.07) is 14.2. The molecule has 0 saturated heterocycles. The van der Waals surface area contributed by atoms with Crippen LogP contribution in [0.5, 0.6) is 0 Å². The van der Waals surface area contributed by atoms with Gasteiger partial charge in [0, 0.05) is 0 Å². The minimum Gasteiger partial charge on any atom is -0.478 e. The Labute approximate surface area is 136 Å². The third kappa shape index (κ3) is 2.52. The number of nitrogens with zero attached hydrogens (tertiary/aromatic N) is 3. The predicted octanol–water partition coefficient (Wildman–Crippen LogP) is 2.90. The van der Waals surface area contributed by atoms with Crippen molar-refractivity contribution in [2.75, 3.05) is 0 Å². The van der Waals surface area contributed by atoms with Gasteiger partial charge in [0.15, 0.2) is 0 Å². The summed E-state index contributed by atoms with van der Waals surface area (Å²) in [5.74, 6) is 0.212. The molecule has 0 spiro atoms. The third-order valence-electron chi connectivity index (χ3n) is 3.61. The molecule has 2 heterocycles. The standard InChI is InChI=1S/C17H12N4O3/c22-17(23)11-6-2-1-5-10(11)16-21-20-15(24-16)9-14-18-12-7-3-4-8-13(12)19-14/h1-8H,9H2,(H,18,19)(H,22,23). The van der Waals surface area contributed by atoms with E-state index in [4.69, 9.17) is 4.42 Å². The minimum atomic E-state index is -1.04. The number of aromatic amines is 1. The van der Waals surface area contributed by atoms with Gasteiger partial charge in [0.1, 0.15) is 5.82 Å². The zero-order valence-corrected chi connectivity index (χ0v) is 12.4. The number of carboxylic acid groups (broad SMARTS) is 1. The Hall–Kier alpha value is -3.48. The second-order valence-electron chi connectivity index (χ2n) is 5.23. The van der Waals surface area contributed by atoms with Gasteiger partial charge in [0.25, 0.3) is 0 Å². The first-order valence-electron chi connectivity index (χ1n) is 7.29. The fraction of sp³-hybridized carbons (Fsp3) is 0.0588. The Kier molecular flexibility index (Phi) is 3.31. The van der Waals surface area contributed by atoms with Gasteiger partial charge in [-0.05, 0) is 24.3 Å². The largest absolute Gasteiger partial charge is 0.478 e. The molecule has 0 bridgehead atoms. The summed E-state index contributed by atoms with van der Waals surface area (Å²) in [7, 11) is 0. The van der Waals surface area contributed by atoms with Gasteiger partial charge < -0.3 is 14.5 Å². The van der Waals surface area contributed by atoms with Gasteiger partial charge in [-0.2, -0.15) is 0 Å². The van der Waals surface area contributed by atoms with Crippen molar-refractivity contribution in [3.63, 3.8) is 0 Å². The van der Waals surface area contributed by atoms with Crippen molar-refractivity contribution in [2.24, 2.45) is 0 Å². The number of aromatic carboxylic acids is 1. The normalized spacial score (nSPS) is 11.0. The van der Waals surface area contributed by atoms with E-state index in [1.54, 1.807) is 18.2 Å². The van der Waals surface area contributed by atoms with Gasteiger partial charge in [-0.1, -0.05) is 24.3 Å². The summed E-state index contributed by atoms with van der Waals surface area (Å²) in [5, 5.41) is 17.2. The Bertz CT molecular complexity index is 1000. The third-order valence-corrected chi connectivity index (χ3v) is 3.61. The van der Waals surface area contributed by atoms with Gasteiger partial charge >= 0.3 is 5.97 Å². The first-order chi connectivity index (χ1) is 11.7. The number of H-pyrrole nitrogens is 1. The number of fused-ring (bicyclic) bond motifs is 1. The maximum Gasteiger partial charge on any atom is 0.336 e. The Morgan fingerprint density at radius 3 is 2.71 bits per heavy atom. The van der Waals surface area contributed by atoms with E-state index in [0.717, 1.165) is 11.0 Å². The molecule has 0 aliphatic heterocycles. The summed E-state index contributed by atoms with van der Waals surface area (Å²) in [6.45, 7) is 0. The lowest BCUT2D eigenvalue weighted by molar-refractivity contribution is 0.0697. The highest BCUT2D eigenvalue weighted by Gasteiger charge is 2.17. The van der Waals surface area contributed by atoms with Crippen LogP contribution in [0.1, 0.15) is 22.1 Å². The average Bonchev–Trinajstić information content (AvgIpc) is 3.21. The number of carboxylic acids is 1. The summed E-state index contributed by atoms with van der Waals surface area (Å²) in [6.07, 6.45) is 0.344. The molecule has 2 aromatic heterocycles. The highest BCUT2D eigenvalue weighted by atomic mass is 16.4. The lowest BCUT2D eigenvalue weighted by Crippen LogP contribution is -1.99. The van der Waals surface area contributed by atoms with Gasteiger partial charge in [0.2, 0.25) is 11.8 Å². The van der Waals surface area contributed by atoms with Crippen LogP contribution in [0.4, 0.5) is 0 Å². The lowest BCUT2D eigenvalue weighted by Gasteiger charge is -1.99. The molecule has 0 amide bonds. The number of hydrogen-bond acceptors (Lipinski definition) is 5. The van der Waals surface area contributed by atoms with Crippen molar-refractivity contribution in [3.8, 4) is 11.5 Å². The van der Waals surface area contributed by atoms with Gasteiger partial charge in [-0.3, -0.25) is 0 Å². The Morgan fingerprint density at radius 2 is 1.88 bits per heavy atom. The van der Waals surface area contributed by atoms with Crippen LogP contribution in [0.25, 0.3) is 22.5 Å². The van der Waals surface area contributed by atoms with Crippen molar-refractivity contribution in [3.05, 3.63) is 65.8 Å². The summed E-state index contributed by atoms with van der Waals surface area (Å²) >= 11 is 0. The van der Waals surface area contributed by atoms with Crippen molar-refractivity contribution < 1.29 is 14.3 Å². The molecule has 0 aliphatic rings. The van der Waals surface area contributed by atoms with E-state index in [1.165, 1.54) is 6.07 Å². The molecule has 4 aromatic rings. The summed E-state index contributed by atoms with van der Waals surface area (Å²) < 4.78 is 5.61. The van der Waals surface area contributed by atoms with Crippen LogP contribution >= 0.6 is 0 Å². The molecule has 4 rings (SSSR count). The van der Waals surface area contributed by atoms with Crippen LogP contribution < -0.4 is 0 Å². The van der Waals surface area contributed by atoms with Crippen LogP contribution in [-0.4, -0.2) is 31.2 Å². The van der Waals surface area contributed by atoms with Gasteiger partial charge in [-0.15, -0.1) is 10.2 Å². The highest BCUT2D eigenvalue weighted by molar-refractivity contribution is 5.94. The van der Waals surface area contributed by atoms with Crippen molar-refractivity contribution >= 4 is 17.0 Å². The number of nitrogens with one attached hydrogen (secondary N) is 1. The molecule has 2 N–H and O–H groups in total. The fourth-order valence-corrected chi connectivity index (χ4v) is 2.52. The van der Waals surface area contributed by atoms with Gasteiger partial charge in [-0.25, -0.2) is 9.78 Å². The number of rotatable bonds is 4. The van der Waals surface area contributed by atoms with E-state index in [-0.39, 0.29) is 11.5 Å². The molecule has 7 nitrogen and oxygen atoms in total. The molecule has 24 heavy (non-hydrogen) atoms. The van der Waals surface area contributed by atoms with E-state index in [0.29, 0.717) is 23.7 Å². The molecule has 0 atom stereocenters. The van der Waals surface area contributed by atoms with E-state index in [9.17, 15) is 9.90 Å². The maximum absolute atomic E-state index is 11.3. The van der Waals surface area contributed by atoms with Crippen molar-refractivity contribution in [1.29, 1.82) is 0 Å². The predicted molar refractivity (Wildman–Crippen MR) is 85.6 cm³/mol. The molecular weight excluding hydrogens is 308 g/mol. The van der Waals surface area contributed by atoms with Crippen LogP contribution in [0.15, 0.2) is 52.9 Å². The number of hydrogen-bond donors (Lipinski definition) is 2. The molecule has 0 saturated carbocycles. The van der Waals surface area contributed by atoms with Crippen LogP contribution in [-0.2, 0) is 6.42 Å². The SMILES string of the molecule is O=C(O)c1ccccc1-c1nnc(Cc2nc3ccccc3[nH]2)o1. The van der Waals surface area contributed by atoms with Crippen LogP contribution in [0.3, 0.4) is 0 Å². The second-order valence-corrected chi connectivity index (χ2v) is 5.23. The second kappa shape index (κ2) is 5.62. The minimum absolute atomic E-state index is 0.122. The van der Waals surface area contributed by atoms with E-state index in [1.807, 2.05) is 24.3 Å². The number of carbonyl (C=O) groups is 1.